The average molecular weight is 433 g/mol. The average Bonchev–Trinajstić information content (AvgIpc) is 2.81. The molecular weight excluding hydrogens is 392 g/mol. The van der Waals surface area contributed by atoms with Gasteiger partial charge in [0.25, 0.3) is 0 Å². The minimum atomic E-state index is 0.0430. The molecule has 0 aromatic heterocycles. The second-order valence-electron chi connectivity index (χ2n) is 8.90. The Labute approximate surface area is 187 Å². The highest BCUT2D eigenvalue weighted by atomic mass is 16.5. The van der Waals surface area contributed by atoms with Gasteiger partial charge in [-0.1, -0.05) is 24.3 Å². The van der Waals surface area contributed by atoms with Crippen molar-refractivity contribution in [1.29, 1.82) is 0 Å². The number of ether oxygens (including phenoxy) is 3. The molecule has 1 aromatic carbocycles. The fourth-order valence-electron chi connectivity index (χ4n) is 3.97. The molecule has 7 nitrogen and oxygen atoms in total. The molecule has 0 atom stereocenters. The number of benzene rings is 1. The molecule has 7 heteroatoms. The fraction of sp³-hybridized carbons (Fsp3) is 0.708. The molecule has 2 aliphatic rings. The van der Waals surface area contributed by atoms with Crippen LogP contribution in [-0.4, -0.2) is 75.1 Å². The Morgan fingerprint density at radius 1 is 1.10 bits per heavy atom. The van der Waals surface area contributed by atoms with Gasteiger partial charge < -0.3 is 24.8 Å². The van der Waals surface area contributed by atoms with Crippen molar-refractivity contribution in [3.05, 3.63) is 35.4 Å². The Kier molecular flexibility index (Phi) is 9.58. The van der Waals surface area contributed by atoms with Crippen LogP contribution in [0.25, 0.3) is 0 Å². The number of hydrogen-bond donors (Lipinski definition) is 2. The quantitative estimate of drug-likeness (QED) is 0.462. The summed E-state index contributed by atoms with van der Waals surface area (Å²) in [5, 5.41) is 6.90. The summed E-state index contributed by atoms with van der Waals surface area (Å²) in [4.78, 5) is 7.30. The summed E-state index contributed by atoms with van der Waals surface area (Å²) >= 11 is 0. The van der Waals surface area contributed by atoms with Crippen LogP contribution in [0.3, 0.4) is 0 Å². The third kappa shape index (κ3) is 8.07. The third-order valence-corrected chi connectivity index (χ3v) is 5.96. The zero-order valence-corrected chi connectivity index (χ0v) is 19.5. The van der Waals surface area contributed by atoms with Crippen molar-refractivity contribution in [2.45, 2.75) is 58.4 Å². The summed E-state index contributed by atoms with van der Waals surface area (Å²) in [6, 6.07) is 8.54. The van der Waals surface area contributed by atoms with Gasteiger partial charge in [-0.2, -0.15) is 0 Å². The maximum atomic E-state index is 6.07. The Hall–Kier alpha value is -1.67. The first-order valence-electron chi connectivity index (χ1n) is 11.7. The lowest BCUT2D eigenvalue weighted by Crippen LogP contribution is -2.56. The van der Waals surface area contributed by atoms with Gasteiger partial charge in [0.05, 0.1) is 32.5 Å². The maximum Gasteiger partial charge on any atom is 0.191 e. The topological polar surface area (TPSA) is 67.4 Å². The van der Waals surface area contributed by atoms with E-state index in [4.69, 9.17) is 19.2 Å². The van der Waals surface area contributed by atoms with Crippen molar-refractivity contribution >= 4 is 5.96 Å². The summed E-state index contributed by atoms with van der Waals surface area (Å²) in [6.07, 6.45) is 2.29. The molecule has 0 amide bonds. The van der Waals surface area contributed by atoms with Crippen LogP contribution in [0.1, 0.15) is 44.7 Å². The number of hydrogen-bond acceptors (Lipinski definition) is 5. The predicted molar refractivity (Wildman–Crippen MR) is 124 cm³/mol. The molecule has 0 saturated carbocycles. The van der Waals surface area contributed by atoms with Crippen molar-refractivity contribution in [2.75, 3.05) is 52.6 Å². The Bertz CT molecular complexity index is 683. The zero-order valence-electron chi connectivity index (χ0n) is 19.5. The van der Waals surface area contributed by atoms with Gasteiger partial charge in [0.1, 0.15) is 0 Å². The summed E-state index contributed by atoms with van der Waals surface area (Å²) in [7, 11) is 0. The van der Waals surface area contributed by atoms with Gasteiger partial charge in [-0.05, 0) is 44.7 Å². The first kappa shape index (κ1) is 24.0. The lowest BCUT2D eigenvalue weighted by atomic mass is 10.0. The normalized spacial score (nSPS) is 19.4. The van der Waals surface area contributed by atoms with Crippen LogP contribution in [0.4, 0.5) is 0 Å². The van der Waals surface area contributed by atoms with Crippen molar-refractivity contribution in [2.24, 2.45) is 4.99 Å². The molecule has 2 saturated heterocycles. The van der Waals surface area contributed by atoms with Crippen LogP contribution in [-0.2, 0) is 27.4 Å². The van der Waals surface area contributed by atoms with Crippen LogP contribution in [0.15, 0.2) is 29.3 Å². The smallest absolute Gasteiger partial charge is 0.191 e. The molecular formula is C24H40N4O3. The highest BCUT2D eigenvalue weighted by Crippen LogP contribution is 2.16. The van der Waals surface area contributed by atoms with E-state index in [1.807, 2.05) is 0 Å². The maximum absolute atomic E-state index is 6.07. The van der Waals surface area contributed by atoms with Crippen LogP contribution >= 0.6 is 0 Å². The monoisotopic (exact) mass is 432 g/mol. The minimum absolute atomic E-state index is 0.0430. The molecule has 31 heavy (non-hydrogen) atoms. The highest BCUT2D eigenvalue weighted by molar-refractivity contribution is 5.79. The molecule has 2 fully saturated rings. The van der Waals surface area contributed by atoms with Gasteiger partial charge >= 0.3 is 0 Å². The van der Waals surface area contributed by atoms with E-state index >= 15 is 0 Å². The van der Waals surface area contributed by atoms with E-state index in [1.54, 1.807) is 0 Å². The van der Waals surface area contributed by atoms with Gasteiger partial charge in [0.15, 0.2) is 5.96 Å². The molecule has 1 aromatic rings. The lowest BCUT2D eigenvalue weighted by Gasteiger charge is -2.41. The molecule has 0 unspecified atom stereocenters. The van der Waals surface area contributed by atoms with Crippen LogP contribution < -0.4 is 10.6 Å². The Morgan fingerprint density at radius 3 is 2.55 bits per heavy atom. The van der Waals surface area contributed by atoms with Crippen LogP contribution in [0.2, 0.25) is 0 Å². The SMILES string of the molecule is CCNC(=NCc1cccc(COC2CCOCC2)c1)NCC(C)(C)N1CCOCC1. The zero-order chi connectivity index (χ0) is 21.9. The van der Waals surface area contributed by atoms with Gasteiger partial charge in [-0.25, -0.2) is 4.99 Å². The Morgan fingerprint density at radius 2 is 1.81 bits per heavy atom. The second kappa shape index (κ2) is 12.4. The summed E-state index contributed by atoms with van der Waals surface area (Å²) in [5.41, 5.74) is 2.44. The molecule has 0 bridgehead atoms. The largest absolute Gasteiger partial charge is 0.381 e. The minimum Gasteiger partial charge on any atom is -0.381 e. The predicted octanol–water partition coefficient (Wildman–Crippen LogP) is 2.55. The van der Waals surface area contributed by atoms with Crippen molar-refractivity contribution in [1.82, 2.24) is 15.5 Å². The molecule has 2 heterocycles. The molecule has 3 rings (SSSR count). The van der Waals surface area contributed by atoms with E-state index in [0.717, 1.165) is 71.4 Å². The Balaban J connectivity index is 1.51. The van der Waals surface area contributed by atoms with E-state index in [2.05, 4.69) is 60.6 Å². The molecule has 2 aliphatic heterocycles. The number of nitrogens with zero attached hydrogens (tertiary/aromatic N) is 2. The van der Waals surface area contributed by atoms with E-state index in [1.165, 1.54) is 11.1 Å². The van der Waals surface area contributed by atoms with Gasteiger partial charge in [0.2, 0.25) is 0 Å². The third-order valence-electron chi connectivity index (χ3n) is 5.96. The van der Waals surface area contributed by atoms with E-state index in [9.17, 15) is 0 Å². The van der Waals surface area contributed by atoms with Gasteiger partial charge in [0, 0.05) is 44.9 Å². The molecule has 0 aliphatic carbocycles. The number of nitrogens with one attached hydrogen (secondary N) is 2. The first-order chi connectivity index (χ1) is 15.1. The number of aliphatic imine (C=N–C) groups is 1. The van der Waals surface area contributed by atoms with Crippen LogP contribution in [0.5, 0.6) is 0 Å². The number of rotatable bonds is 9. The van der Waals surface area contributed by atoms with E-state index in [-0.39, 0.29) is 5.54 Å². The highest BCUT2D eigenvalue weighted by Gasteiger charge is 2.28. The summed E-state index contributed by atoms with van der Waals surface area (Å²) < 4.78 is 17.0. The summed E-state index contributed by atoms with van der Waals surface area (Å²) in [5.74, 6) is 0.854. The first-order valence-corrected chi connectivity index (χ1v) is 11.7. The lowest BCUT2D eigenvalue weighted by molar-refractivity contribution is -0.0390. The van der Waals surface area contributed by atoms with Crippen molar-refractivity contribution < 1.29 is 14.2 Å². The molecule has 2 N–H and O–H groups in total. The molecule has 0 spiro atoms. The second-order valence-corrected chi connectivity index (χ2v) is 8.90. The standard InChI is InChI=1S/C24H40N4O3/c1-4-25-23(27-19-24(2,3)28-10-14-30-15-11-28)26-17-20-6-5-7-21(16-20)18-31-22-8-12-29-13-9-22/h5-7,16,22H,4,8-15,17-19H2,1-3H3,(H2,25,26,27). The van der Waals surface area contributed by atoms with Gasteiger partial charge in [-0.3, -0.25) is 4.90 Å². The van der Waals surface area contributed by atoms with E-state index < -0.39 is 0 Å². The number of morpholine rings is 1. The van der Waals surface area contributed by atoms with E-state index in [0.29, 0.717) is 19.3 Å². The molecule has 0 radical (unpaired) electrons. The van der Waals surface area contributed by atoms with Crippen molar-refractivity contribution in [3.63, 3.8) is 0 Å². The van der Waals surface area contributed by atoms with Crippen LogP contribution in [0, 0.1) is 0 Å². The van der Waals surface area contributed by atoms with Crippen molar-refractivity contribution in [3.8, 4) is 0 Å². The van der Waals surface area contributed by atoms with Gasteiger partial charge in [-0.15, -0.1) is 0 Å². The fourth-order valence-corrected chi connectivity index (χ4v) is 3.97. The number of guanidine groups is 1. The molecule has 174 valence electrons. The summed E-state index contributed by atoms with van der Waals surface area (Å²) in [6.45, 7) is 14.8.